The van der Waals surface area contributed by atoms with Crippen molar-refractivity contribution < 1.29 is 4.74 Å². The lowest BCUT2D eigenvalue weighted by Crippen LogP contribution is -2.25. The van der Waals surface area contributed by atoms with Gasteiger partial charge < -0.3 is 10.1 Å². The number of ether oxygens (including phenoxy) is 1. The number of hydrogen-bond donors (Lipinski definition) is 1. The molecule has 0 saturated carbocycles. The van der Waals surface area contributed by atoms with Crippen LogP contribution in [0.25, 0.3) is 0 Å². The Labute approximate surface area is 63.0 Å². The van der Waals surface area contributed by atoms with Crippen molar-refractivity contribution in [3.05, 3.63) is 0 Å². The Morgan fingerprint density at radius 1 is 1.50 bits per heavy atom. The van der Waals surface area contributed by atoms with Crippen LogP contribution in [0.1, 0.15) is 20.3 Å². The number of nitrogens with one attached hydrogen (secondary N) is 1. The van der Waals surface area contributed by atoms with Gasteiger partial charge in [0.1, 0.15) is 0 Å². The molecule has 0 amide bonds. The summed E-state index contributed by atoms with van der Waals surface area (Å²) in [5, 5.41) is 3.22. The maximum atomic E-state index is 5.56. The number of rotatable bonds is 2. The molecule has 0 bridgehead atoms. The lowest BCUT2D eigenvalue weighted by atomic mass is 10.0. The first-order valence-corrected chi connectivity index (χ1v) is 4.03. The van der Waals surface area contributed by atoms with Crippen LogP contribution in [0.3, 0.4) is 0 Å². The van der Waals surface area contributed by atoms with Crippen molar-refractivity contribution in [3.63, 3.8) is 0 Å². The van der Waals surface area contributed by atoms with E-state index in [1.807, 2.05) is 7.05 Å². The van der Waals surface area contributed by atoms with E-state index in [-0.39, 0.29) is 0 Å². The van der Waals surface area contributed by atoms with Crippen molar-refractivity contribution in [3.8, 4) is 0 Å². The molecule has 1 aliphatic rings. The Hall–Kier alpha value is -0.0800. The maximum absolute atomic E-state index is 5.56. The number of likely N-dealkylation sites (N-methyl/N-ethyl adjacent to an activating group) is 1. The second-order valence-corrected chi connectivity index (χ2v) is 3.34. The molecule has 10 heavy (non-hydrogen) atoms. The van der Waals surface area contributed by atoms with Crippen LogP contribution < -0.4 is 5.32 Å². The van der Waals surface area contributed by atoms with Crippen LogP contribution in [0, 0.1) is 5.92 Å². The van der Waals surface area contributed by atoms with E-state index in [1.165, 1.54) is 6.42 Å². The minimum Gasteiger partial charge on any atom is -0.376 e. The summed E-state index contributed by atoms with van der Waals surface area (Å²) >= 11 is 0. The van der Waals surface area contributed by atoms with Gasteiger partial charge in [-0.15, -0.1) is 0 Å². The second kappa shape index (κ2) is 3.35. The molecule has 1 rings (SSSR count). The van der Waals surface area contributed by atoms with Gasteiger partial charge >= 0.3 is 0 Å². The predicted octanol–water partition coefficient (Wildman–Crippen LogP) is 1.02. The highest BCUT2D eigenvalue weighted by molar-refractivity contribution is 4.79. The highest BCUT2D eigenvalue weighted by Crippen LogP contribution is 2.19. The van der Waals surface area contributed by atoms with Crippen molar-refractivity contribution >= 4 is 0 Å². The molecule has 0 aromatic rings. The minimum absolute atomic E-state index is 0.484. The summed E-state index contributed by atoms with van der Waals surface area (Å²) in [6, 6.07) is 0.590. The second-order valence-electron chi connectivity index (χ2n) is 3.34. The van der Waals surface area contributed by atoms with E-state index in [1.54, 1.807) is 0 Å². The van der Waals surface area contributed by atoms with Gasteiger partial charge in [-0.25, -0.2) is 0 Å². The molecule has 60 valence electrons. The molecule has 2 heteroatoms. The number of hydrogen-bond acceptors (Lipinski definition) is 2. The van der Waals surface area contributed by atoms with Crippen LogP contribution in [0.5, 0.6) is 0 Å². The highest BCUT2D eigenvalue weighted by Gasteiger charge is 2.25. The third kappa shape index (κ3) is 1.70. The van der Waals surface area contributed by atoms with Crippen LogP contribution in [0.2, 0.25) is 0 Å². The van der Waals surface area contributed by atoms with Crippen LogP contribution in [-0.2, 0) is 4.74 Å². The van der Waals surface area contributed by atoms with E-state index in [4.69, 9.17) is 4.74 Å². The van der Waals surface area contributed by atoms with Crippen LogP contribution in [0.4, 0.5) is 0 Å². The Morgan fingerprint density at radius 2 is 2.20 bits per heavy atom. The first kappa shape index (κ1) is 8.02. The Kier molecular flexibility index (Phi) is 2.69. The third-order valence-electron chi connectivity index (χ3n) is 2.18. The molecule has 0 spiro atoms. The molecule has 2 atom stereocenters. The van der Waals surface area contributed by atoms with Crippen LogP contribution in [-0.4, -0.2) is 25.8 Å². The van der Waals surface area contributed by atoms with Gasteiger partial charge in [-0.1, -0.05) is 13.8 Å². The molecular weight excluding hydrogens is 126 g/mol. The average molecular weight is 143 g/mol. The fraction of sp³-hybridized carbons (Fsp3) is 1.00. The van der Waals surface area contributed by atoms with E-state index in [9.17, 15) is 0 Å². The van der Waals surface area contributed by atoms with Crippen molar-refractivity contribution in [1.29, 1.82) is 0 Å². The molecule has 1 saturated heterocycles. The first-order valence-electron chi connectivity index (χ1n) is 4.03. The smallest absolute Gasteiger partial charge is 0.0624 e. The average Bonchev–Trinajstić information content (AvgIpc) is 2.34. The van der Waals surface area contributed by atoms with E-state index >= 15 is 0 Å². The first-order chi connectivity index (χ1) is 4.74. The Bertz CT molecular complexity index is 103. The van der Waals surface area contributed by atoms with Gasteiger partial charge in [0.25, 0.3) is 0 Å². The topological polar surface area (TPSA) is 21.3 Å². The quantitative estimate of drug-likeness (QED) is 0.623. The monoisotopic (exact) mass is 143 g/mol. The van der Waals surface area contributed by atoms with Gasteiger partial charge in [0.2, 0.25) is 0 Å². The van der Waals surface area contributed by atoms with Gasteiger partial charge in [0, 0.05) is 6.04 Å². The Balaban J connectivity index is 2.28. The zero-order valence-corrected chi connectivity index (χ0v) is 7.05. The molecule has 1 N–H and O–H groups in total. The normalized spacial score (nSPS) is 33.6. The van der Waals surface area contributed by atoms with Crippen molar-refractivity contribution in [1.82, 2.24) is 5.32 Å². The lowest BCUT2D eigenvalue weighted by Gasteiger charge is -2.12. The fourth-order valence-corrected chi connectivity index (χ4v) is 1.32. The van der Waals surface area contributed by atoms with Crippen LogP contribution in [0.15, 0.2) is 0 Å². The highest BCUT2D eigenvalue weighted by atomic mass is 16.5. The van der Waals surface area contributed by atoms with E-state index in [0.29, 0.717) is 18.1 Å². The molecule has 0 radical (unpaired) electrons. The summed E-state index contributed by atoms with van der Waals surface area (Å²) in [6.07, 6.45) is 1.66. The maximum Gasteiger partial charge on any atom is 0.0624 e. The standard InChI is InChI=1S/C8H17NO/c1-6(2)8-4-7(9-3)5-10-8/h6-9H,4-5H2,1-3H3/t7-,8-/m0/s1. The van der Waals surface area contributed by atoms with Gasteiger partial charge in [0.05, 0.1) is 12.7 Å². The van der Waals surface area contributed by atoms with Gasteiger partial charge in [0.15, 0.2) is 0 Å². The third-order valence-corrected chi connectivity index (χ3v) is 2.18. The van der Waals surface area contributed by atoms with Crippen molar-refractivity contribution in [2.24, 2.45) is 5.92 Å². The molecule has 1 aliphatic heterocycles. The van der Waals surface area contributed by atoms with Crippen LogP contribution >= 0.6 is 0 Å². The summed E-state index contributed by atoms with van der Waals surface area (Å²) in [7, 11) is 2.00. The fourth-order valence-electron chi connectivity index (χ4n) is 1.32. The summed E-state index contributed by atoms with van der Waals surface area (Å²) in [6.45, 7) is 5.31. The van der Waals surface area contributed by atoms with Crippen molar-refractivity contribution in [2.75, 3.05) is 13.7 Å². The van der Waals surface area contributed by atoms with E-state index < -0.39 is 0 Å². The Morgan fingerprint density at radius 3 is 2.50 bits per heavy atom. The minimum atomic E-state index is 0.484. The molecular formula is C8H17NO. The molecule has 1 heterocycles. The zero-order valence-electron chi connectivity index (χ0n) is 7.05. The van der Waals surface area contributed by atoms with Gasteiger partial charge in [-0.05, 0) is 19.4 Å². The lowest BCUT2D eigenvalue weighted by molar-refractivity contribution is 0.0744. The molecule has 0 unspecified atom stereocenters. The van der Waals surface area contributed by atoms with Gasteiger partial charge in [-0.3, -0.25) is 0 Å². The SMILES string of the molecule is CN[C@@H]1CO[C@H](C(C)C)C1. The summed E-state index contributed by atoms with van der Waals surface area (Å²) in [5.74, 6) is 0.665. The summed E-state index contributed by atoms with van der Waals surface area (Å²) in [4.78, 5) is 0. The predicted molar refractivity (Wildman–Crippen MR) is 42.0 cm³/mol. The summed E-state index contributed by atoms with van der Waals surface area (Å²) in [5.41, 5.74) is 0. The summed E-state index contributed by atoms with van der Waals surface area (Å²) < 4.78 is 5.56. The van der Waals surface area contributed by atoms with Gasteiger partial charge in [-0.2, -0.15) is 0 Å². The zero-order chi connectivity index (χ0) is 7.56. The van der Waals surface area contributed by atoms with Crippen molar-refractivity contribution in [2.45, 2.75) is 32.4 Å². The largest absolute Gasteiger partial charge is 0.376 e. The molecule has 0 aromatic heterocycles. The molecule has 1 fully saturated rings. The van der Waals surface area contributed by atoms with E-state index in [0.717, 1.165) is 6.61 Å². The molecule has 2 nitrogen and oxygen atoms in total. The molecule has 0 aliphatic carbocycles. The molecule has 0 aromatic carbocycles. The van der Waals surface area contributed by atoms with E-state index in [2.05, 4.69) is 19.2 Å².